The SMILES string of the molecule is O=c1c2cnc(C3CC3)cc2ccn1C(O)(O)O. The Labute approximate surface area is 102 Å². The van der Waals surface area contributed by atoms with Crippen molar-refractivity contribution in [1.82, 2.24) is 9.55 Å². The molecule has 0 saturated heterocycles. The fraction of sp³-hybridized carbons (Fsp3) is 0.333. The first-order chi connectivity index (χ1) is 8.47. The van der Waals surface area contributed by atoms with Gasteiger partial charge in [0.25, 0.3) is 5.56 Å². The standard InChI is InChI=1S/C12H12N2O4/c15-11-9-6-13-10(7-1-2-7)5-8(9)3-4-14(11)12(16,17)18/h3-7,16-18H,1-2H2. The van der Waals surface area contributed by atoms with Gasteiger partial charge in [0, 0.05) is 24.0 Å². The van der Waals surface area contributed by atoms with Gasteiger partial charge in [0.1, 0.15) is 0 Å². The lowest BCUT2D eigenvalue weighted by Crippen LogP contribution is -2.40. The molecule has 3 N–H and O–H groups in total. The molecule has 0 aromatic carbocycles. The van der Waals surface area contributed by atoms with Crippen LogP contribution < -0.4 is 5.56 Å². The first-order valence-corrected chi connectivity index (χ1v) is 5.66. The number of hydrogen-bond acceptors (Lipinski definition) is 5. The lowest BCUT2D eigenvalue weighted by Gasteiger charge is -2.17. The minimum atomic E-state index is -3.19. The average Bonchev–Trinajstić information content (AvgIpc) is 3.11. The van der Waals surface area contributed by atoms with E-state index in [2.05, 4.69) is 4.98 Å². The van der Waals surface area contributed by atoms with Crippen molar-refractivity contribution in [3.8, 4) is 0 Å². The van der Waals surface area contributed by atoms with Gasteiger partial charge in [-0.05, 0) is 30.4 Å². The first kappa shape index (κ1) is 11.3. The van der Waals surface area contributed by atoms with Crippen molar-refractivity contribution >= 4 is 10.8 Å². The smallest absolute Gasteiger partial charge is 0.325 e. The summed E-state index contributed by atoms with van der Waals surface area (Å²) < 4.78 is 0.438. The summed E-state index contributed by atoms with van der Waals surface area (Å²) >= 11 is 0. The van der Waals surface area contributed by atoms with E-state index in [1.54, 1.807) is 6.07 Å². The van der Waals surface area contributed by atoms with Crippen molar-refractivity contribution in [2.45, 2.75) is 24.9 Å². The van der Waals surface area contributed by atoms with Gasteiger partial charge in [0.05, 0.1) is 5.39 Å². The molecule has 2 heterocycles. The van der Waals surface area contributed by atoms with Crippen molar-refractivity contribution in [3.05, 3.63) is 40.6 Å². The molecule has 6 heteroatoms. The highest BCUT2D eigenvalue weighted by Crippen LogP contribution is 2.39. The van der Waals surface area contributed by atoms with Crippen molar-refractivity contribution in [1.29, 1.82) is 0 Å². The van der Waals surface area contributed by atoms with Crippen LogP contribution in [0.25, 0.3) is 10.8 Å². The number of aromatic nitrogens is 2. The second-order valence-electron chi connectivity index (χ2n) is 4.56. The highest BCUT2D eigenvalue weighted by Gasteiger charge is 2.26. The summed E-state index contributed by atoms with van der Waals surface area (Å²) in [6.45, 7) is 0. The van der Waals surface area contributed by atoms with Gasteiger partial charge < -0.3 is 15.3 Å². The summed E-state index contributed by atoms with van der Waals surface area (Å²) in [6, 6.07) is 3.37. The van der Waals surface area contributed by atoms with E-state index >= 15 is 0 Å². The number of nitrogens with zero attached hydrogens (tertiary/aromatic N) is 2. The minimum absolute atomic E-state index is 0.239. The third-order valence-corrected chi connectivity index (χ3v) is 3.13. The summed E-state index contributed by atoms with van der Waals surface area (Å²) in [5.74, 6) is 0.476. The quantitative estimate of drug-likeness (QED) is 0.641. The Bertz CT molecular complexity index is 668. The molecule has 6 nitrogen and oxygen atoms in total. The minimum Gasteiger partial charge on any atom is -0.325 e. The maximum atomic E-state index is 11.9. The summed E-state index contributed by atoms with van der Waals surface area (Å²) in [4.78, 5) is 16.1. The zero-order valence-electron chi connectivity index (χ0n) is 9.45. The second-order valence-corrected chi connectivity index (χ2v) is 4.56. The van der Waals surface area contributed by atoms with E-state index in [4.69, 9.17) is 15.3 Å². The fourth-order valence-electron chi connectivity index (χ4n) is 2.00. The van der Waals surface area contributed by atoms with Crippen molar-refractivity contribution < 1.29 is 15.3 Å². The monoisotopic (exact) mass is 248 g/mol. The second kappa shape index (κ2) is 3.61. The predicted octanol–water partition coefficient (Wildman–Crippen LogP) is -0.181. The van der Waals surface area contributed by atoms with Gasteiger partial charge in [-0.1, -0.05) is 0 Å². The van der Waals surface area contributed by atoms with Crippen LogP contribution in [0.15, 0.2) is 29.3 Å². The van der Waals surface area contributed by atoms with Crippen LogP contribution in [0.2, 0.25) is 0 Å². The Morgan fingerprint density at radius 2 is 2.06 bits per heavy atom. The molecule has 0 atom stereocenters. The van der Waals surface area contributed by atoms with E-state index in [0.29, 0.717) is 15.9 Å². The Balaban J connectivity index is 2.21. The number of hydrogen-bond donors (Lipinski definition) is 3. The Hall–Kier alpha value is -1.76. The lowest BCUT2D eigenvalue weighted by molar-refractivity contribution is -0.376. The third-order valence-electron chi connectivity index (χ3n) is 3.13. The molecule has 0 bridgehead atoms. The van der Waals surface area contributed by atoms with Crippen LogP contribution >= 0.6 is 0 Å². The fourth-order valence-corrected chi connectivity index (χ4v) is 2.00. The summed E-state index contributed by atoms with van der Waals surface area (Å²) in [5.41, 5.74) is 0.248. The lowest BCUT2D eigenvalue weighted by atomic mass is 10.1. The molecule has 2 aromatic heterocycles. The summed E-state index contributed by atoms with van der Waals surface area (Å²) in [5, 5.41) is 28.0. The molecule has 1 fully saturated rings. The number of rotatable bonds is 2. The van der Waals surface area contributed by atoms with E-state index < -0.39 is 11.7 Å². The maximum Gasteiger partial charge on any atom is 0.376 e. The van der Waals surface area contributed by atoms with Gasteiger partial charge in [0.15, 0.2) is 0 Å². The molecular weight excluding hydrogens is 236 g/mol. The third kappa shape index (κ3) is 1.80. The van der Waals surface area contributed by atoms with E-state index in [-0.39, 0.29) is 5.39 Å². The zero-order valence-corrected chi connectivity index (χ0v) is 9.45. The molecule has 18 heavy (non-hydrogen) atoms. The molecule has 3 rings (SSSR count). The Morgan fingerprint density at radius 1 is 1.33 bits per heavy atom. The molecule has 0 unspecified atom stereocenters. The molecule has 2 aromatic rings. The summed E-state index contributed by atoms with van der Waals surface area (Å²) in [7, 11) is 0. The van der Waals surface area contributed by atoms with E-state index in [0.717, 1.165) is 24.7 Å². The highest BCUT2D eigenvalue weighted by atomic mass is 16.7. The molecule has 0 amide bonds. The van der Waals surface area contributed by atoms with Gasteiger partial charge in [-0.15, -0.1) is 0 Å². The van der Waals surface area contributed by atoms with Crippen LogP contribution in [0.5, 0.6) is 0 Å². The van der Waals surface area contributed by atoms with Gasteiger partial charge >= 0.3 is 6.10 Å². The van der Waals surface area contributed by atoms with E-state index in [1.165, 1.54) is 6.20 Å². The van der Waals surface area contributed by atoms with Crippen LogP contribution in [0.3, 0.4) is 0 Å². The van der Waals surface area contributed by atoms with Crippen LogP contribution in [0.1, 0.15) is 24.5 Å². The van der Waals surface area contributed by atoms with Gasteiger partial charge in [-0.25, -0.2) is 4.57 Å². The molecule has 0 aliphatic heterocycles. The average molecular weight is 248 g/mol. The molecule has 0 radical (unpaired) electrons. The van der Waals surface area contributed by atoms with Crippen LogP contribution in [-0.2, 0) is 6.10 Å². The van der Waals surface area contributed by atoms with Gasteiger partial charge in [-0.3, -0.25) is 9.78 Å². The van der Waals surface area contributed by atoms with Crippen molar-refractivity contribution in [3.63, 3.8) is 0 Å². The first-order valence-electron chi connectivity index (χ1n) is 5.66. The van der Waals surface area contributed by atoms with Gasteiger partial charge in [-0.2, -0.15) is 0 Å². The van der Waals surface area contributed by atoms with Crippen LogP contribution in [-0.4, -0.2) is 24.9 Å². The number of aliphatic hydroxyl groups is 3. The number of fused-ring (bicyclic) bond motifs is 1. The van der Waals surface area contributed by atoms with E-state index in [1.807, 2.05) is 6.07 Å². The Morgan fingerprint density at radius 3 is 2.67 bits per heavy atom. The summed E-state index contributed by atoms with van der Waals surface area (Å²) in [6.07, 6.45) is 1.58. The largest absolute Gasteiger partial charge is 0.376 e. The molecule has 1 aliphatic rings. The molecular formula is C12H12N2O4. The van der Waals surface area contributed by atoms with Crippen molar-refractivity contribution in [2.24, 2.45) is 0 Å². The topological polar surface area (TPSA) is 95.6 Å². The normalized spacial score (nSPS) is 16.2. The van der Waals surface area contributed by atoms with Crippen LogP contribution in [0, 0.1) is 0 Å². The molecule has 94 valence electrons. The maximum absolute atomic E-state index is 11.9. The molecule has 1 saturated carbocycles. The zero-order chi connectivity index (χ0) is 12.9. The van der Waals surface area contributed by atoms with Crippen LogP contribution in [0.4, 0.5) is 0 Å². The highest BCUT2D eigenvalue weighted by molar-refractivity contribution is 5.81. The predicted molar refractivity (Wildman–Crippen MR) is 62.6 cm³/mol. The number of pyridine rings is 2. The van der Waals surface area contributed by atoms with Crippen molar-refractivity contribution in [2.75, 3.05) is 0 Å². The molecule has 1 aliphatic carbocycles. The molecule has 0 spiro atoms. The van der Waals surface area contributed by atoms with Gasteiger partial charge in [0.2, 0.25) is 0 Å². The van der Waals surface area contributed by atoms with E-state index in [9.17, 15) is 4.79 Å². The Kier molecular flexibility index (Phi) is 2.28.